The molecule has 6 heteroatoms. The smallest absolute Gasteiger partial charge is 0.257 e. The van der Waals surface area contributed by atoms with Gasteiger partial charge in [0.05, 0.1) is 36.2 Å². The van der Waals surface area contributed by atoms with E-state index in [1.54, 1.807) is 6.07 Å². The molecular formula is C13H14N4O2. The minimum atomic E-state index is -0.435. The summed E-state index contributed by atoms with van der Waals surface area (Å²) in [6, 6.07) is 8.40. The van der Waals surface area contributed by atoms with Crippen LogP contribution in [-0.4, -0.2) is 29.0 Å². The number of nitriles is 2. The van der Waals surface area contributed by atoms with Crippen LogP contribution in [-0.2, 0) is 0 Å². The van der Waals surface area contributed by atoms with Crippen LogP contribution < -0.4 is 5.73 Å². The van der Waals surface area contributed by atoms with Crippen molar-refractivity contribution in [2.45, 2.75) is 12.8 Å². The van der Waals surface area contributed by atoms with Gasteiger partial charge in [-0.2, -0.15) is 10.5 Å². The molecule has 1 rings (SSSR count). The van der Waals surface area contributed by atoms with E-state index in [-0.39, 0.29) is 42.9 Å². The monoisotopic (exact) mass is 258 g/mol. The van der Waals surface area contributed by atoms with Gasteiger partial charge in [0.15, 0.2) is 5.75 Å². The van der Waals surface area contributed by atoms with E-state index in [1.807, 2.05) is 12.1 Å². The molecule has 0 bridgehead atoms. The molecule has 0 saturated heterocycles. The topological polar surface area (TPSA) is 114 Å². The van der Waals surface area contributed by atoms with Gasteiger partial charge in [-0.25, -0.2) is 0 Å². The second-order valence-corrected chi connectivity index (χ2v) is 3.85. The Hall–Kier alpha value is -2.73. The summed E-state index contributed by atoms with van der Waals surface area (Å²) < 4.78 is 0. The van der Waals surface area contributed by atoms with Crippen molar-refractivity contribution in [2.75, 3.05) is 18.8 Å². The number of carbonyl (C=O) groups is 1. The summed E-state index contributed by atoms with van der Waals surface area (Å²) in [4.78, 5) is 13.6. The Kier molecular flexibility index (Phi) is 5.18. The molecule has 3 N–H and O–H groups in total. The van der Waals surface area contributed by atoms with Crippen LogP contribution in [0.5, 0.6) is 5.75 Å². The van der Waals surface area contributed by atoms with Crippen LogP contribution in [0.2, 0.25) is 0 Å². The van der Waals surface area contributed by atoms with E-state index in [2.05, 4.69) is 0 Å². The molecule has 0 radical (unpaired) electrons. The number of para-hydroxylation sites is 1. The lowest BCUT2D eigenvalue weighted by Crippen LogP contribution is -2.32. The van der Waals surface area contributed by atoms with Crippen molar-refractivity contribution in [3.05, 3.63) is 23.8 Å². The second-order valence-electron chi connectivity index (χ2n) is 3.85. The van der Waals surface area contributed by atoms with Gasteiger partial charge >= 0.3 is 0 Å². The zero-order valence-corrected chi connectivity index (χ0v) is 10.3. The average Bonchev–Trinajstić information content (AvgIpc) is 2.41. The minimum Gasteiger partial charge on any atom is -0.505 e. The summed E-state index contributed by atoms with van der Waals surface area (Å²) in [5, 5.41) is 26.9. The number of anilines is 1. The van der Waals surface area contributed by atoms with Crippen molar-refractivity contribution in [3.8, 4) is 17.9 Å². The fourth-order valence-corrected chi connectivity index (χ4v) is 1.59. The summed E-state index contributed by atoms with van der Waals surface area (Å²) in [6.45, 7) is 0.427. The number of nitrogens with two attached hydrogens (primary N) is 1. The molecule has 0 spiro atoms. The van der Waals surface area contributed by atoms with Crippen LogP contribution in [0.15, 0.2) is 18.2 Å². The van der Waals surface area contributed by atoms with Gasteiger partial charge in [-0.1, -0.05) is 6.07 Å². The molecule has 0 aromatic heterocycles. The third-order valence-corrected chi connectivity index (χ3v) is 2.57. The first-order valence-corrected chi connectivity index (χ1v) is 5.72. The Labute approximate surface area is 111 Å². The molecule has 0 unspecified atom stereocenters. The Bertz CT molecular complexity index is 525. The predicted molar refractivity (Wildman–Crippen MR) is 68.9 cm³/mol. The van der Waals surface area contributed by atoms with Crippen LogP contribution in [0.4, 0.5) is 5.69 Å². The van der Waals surface area contributed by atoms with Crippen molar-refractivity contribution >= 4 is 11.6 Å². The summed E-state index contributed by atoms with van der Waals surface area (Å²) >= 11 is 0. The number of rotatable bonds is 5. The molecule has 98 valence electrons. The van der Waals surface area contributed by atoms with Gasteiger partial charge < -0.3 is 15.7 Å². The molecule has 0 aliphatic rings. The van der Waals surface area contributed by atoms with Crippen LogP contribution in [0, 0.1) is 22.7 Å². The van der Waals surface area contributed by atoms with Gasteiger partial charge in [0.25, 0.3) is 5.91 Å². The number of amides is 1. The summed E-state index contributed by atoms with van der Waals surface area (Å²) in [7, 11) is 0. The maximum atomic E-state index is 12.2. The Morgan fingerprint density at radius 2 is 1.84 bits per heavy atom. The molecule has 0 fully saturated rings. The lowest BCUT2D eigenvalue weighted by Gasteiger charge is -2.21. The molecule has 1 aromatic rings. The van der Waals surface area contributed by atoms with E-state index < -0.39 is 5.91 Å². The number of carbonyl (C=O) groups excluding carboxylic acids is 1. The highest BCUT2D eigenvalue weighted by Crippen LogP contribution is 2.25. The summed E-state index contributed by atoms with van der Waals surface area (Å²) in [6.07, 6.45) is 0.334. The maximum Gasteiger partial charge on any atom is 0.257 e. The van der Waals surface area contributed by atoms with Gasteiger partial charge in [0.1, 0.15) is 0 Å². The fourth-order valence-electron chi connectivity index (χ4n) is 1.59. The molecular weight excluding hydrogens is 244 g/mol. The molecule has 0 saturated carbocycles. The lowest BCUT2D eigenvalue weighted by atomic mass is 10.1. The molecule has 0 atom stereocenters. The van der Waals surface area contributed by atoms with E-state index in [0.29, 0.717) is 0 Å². The van der Waals surface area contributed by atoms with Crippen LogP contribution in [0.25, 0.3) is 0 Å². The minimum absolute atomic E-state index is 0.0795. The van der Waals surface area contributed by atoms with Crippen molar-refractivity contribution < 1.29 is 9.90 Å². The molecule has 0 aliphatic heterocycles. The SMILES string of the molecule is N#CCCN(CCC#N)C(=O)c1cccc(N)c1O. The summed E-state index contributed by atoms with van der Waals surface area (Å²) in [5.41, 5.74) is 5.73. The number of nitrogen functional groups attached to an aromatic ring is 1. The average molecular weight is 258 g/mol. The number of hydrogen-bond donors (Lipinski definition) is 2. The van der Waals surface area contributed by atoms with Gasteiger partial charge in [-0.15, -0.1) is 0 Å². The number of aromatic hydroxyl groups is 1. The van der Waals surface area contributed by atoms with Crippen molar-refractivity contribution in [2.24, 2.45) is 0 Å². The van der Waals surface area contributed by atoms with Gasteiger partial charge in [-0.3, -0.25) is 4.79 Å². The van der Waals surface area contributed by atoms with Crippen LogP contribution in [0.1, 0.15) is 23.2 Å². The predicted octanol–water partition coefficient (Wildman–Crippen LogP) is 1.24. The van der Waals surface area contributed by atoms with Gasteiger partial charge in [0, 0.05) is 13.1 Å². The van der Waals surface area contributed by atoms with E-state index >= 15 is 0 Å². The van der Waals surface area contributed by atoms with Crippen molar-refractivity contribution in [3.63, 3.8) is 0 Å². The summed E-state index contributed by atoms with van der Waals surface area (Å²) in [5.74, 6) is -0.707. The van der Waals surface area contributed by atoms with Crippen LogP contribution in [0.3, 0.4) is 0 Å². The molecule has 1 amide bonds. The normalized spacial score (nSPS) is 9.37. The van der Waals surface area contributed by atoms with Crippen molar-refractivity contribution in [1.82, 2.24) is 4.90 Å². The first kappa shape index (κ1) is 14.3. The number of phenolic OH excluding ortho intramolecular Hbond substituents is 1. The maximum absolute atomic E-state index is 12.2. The highest BCUT2D eigenvalue weighted by molar-refractivity contribution is 5.98. The van der Waals surface area contributed by atoms with Crippen LogP contribution >= 0.6 is 0 Å². The largest absolute Gasteiger partial charge is 0.505 e. The van der Waals surface area contributed by atoms with E-state index in [0.717, 1.165) is 0 Å². The highest BCUT2D eigenvalue weighted by Gasteiger charge is 2.19. The first-order valence-electron chi connectivity index (χ1n) is 5.72. The fraction of sp³-hybridized carbons (Fsp3) is 0.308. The first-order chi connectivity index (χ1) is 9.11. The van der Waals surface area contributed by atoms with E-state index in [1.165, 1.54) is 17.0 Å². The number of phenols is 1. The Morgan fingerprint density at radius 3 is 2.37 bits per heavy atom. The Morgan fingerprint density at radius 1 is 1.26 bits per heavy atom. The molecule has 1 aromatic carbocycles. The molecule has 6 nitrogen and oxygen atoms in total. The van der Waals surface area contributed by atoms with Crippen molar-refractivity contribution in [1.29, 1.82) is 10.5 Å². The molecule has 0 aliphatic carbocycles. The number of benzene rings is 1. The van der Waals surface area contributed by atoms with E-state index in [9.17, 15) is 9.90 Å². The van der Waals surface area contributed by atoms with Gasteiger partial charge in [0.2, 0.25) is 0 Å². The third-order valence-electron chi connectivity index (χ3n) is 2.57. The lowest BCUT2D eigenvalue weighted by molar-refractivity contribution is 0.0759. The Balaban J connectivity index is 2.95. The standard InChI is InChI=1S/C13H14N4O2/c14-6-2-8-17(9-3-7-15)13(19)10-4-1-5-11(16)12(10)18/h1,4-5,18H,2-3,8-9,16H2. The zero-order chi connectivity index (χ0) is 14.3. The highest BCUT2D eigenvalue weighted by atomic mass is 16.3. The quantitative estimate of drug-likeness (QED) is 0.609. The molecule has 0 heterocycles. The number of nitrogens with zero attached hydrogens (tertiary/aromatic N) is 3. The number of hydrogen-bond acceptors (Lipinski definition) is 5. The van der Waals surface area contributed by atoms with E-state index in [4.69, 9.17) is 16.3 Å². The van der Waals surface area contributed by atoms with Gasteiger partial charge in [-0.05, 0) is 12.1 Å². The third kappa shape index (κ3) is 3.62. The molecule has 19 heavy (non-hydrogen) atoms. The second kappa shape index (κ2) is 6.87. The zero-order valence-electron chi connectivity index (χ0n) is 10.3.